The molecule has 0 unspecified atom stereocenters. The fraction of sp³-hybridized carbons (Fsp3) is 0.278. The lowest BCUT2D eigenvalue weighted by Gasteiger charge is -2.15. The highest BCUT2D eigenvalue weighted by molar-refractivity contribution is 7.07. The Labute approximate surface area is 159 Å². The highest BCUT2D eigenvalue weighted by atomic mass is 35.5. The van der Waals surface area contributed by atoms with Crippen LogP contribution in [0.25, 0.3) is 11.6 Å². The maximum Gasteiger partial charge on any atom is 0.268 e. The van der Waals surface area contributed by atoms with Crippen LogP contribution in [-0.4, -0.2) is 10.4 Å². The van der Waals surface area contributed by atoms with Gasteiger partial charge in [0.2, 0.25) is 0 Å². The first-order chi connectivity index (χ1) is 11.6. The second-order valence-corrected chi connectivity index (χ2v) is 8.33. The topological polar surface area (TPSA) is 62.9 Å². The van der Waals surface area contributed by atoms with Crippen molar-refractivity contribution in [3.05, 3.63) is 53.4 Å². The Morgan fingerprint density at radius 3 is 2.32 bits per heavy atom. The lowest BCUT2D eigenvalue weighted by molar-refractivity contribution is -0.120. The molecule has 7 heteroatoms. The first-order valence-corrected chi connectivity index (χ1v) is 8.96. The van der Waals surface area contributed by atoms with Crippen molar-refractivity contribution in [3.8, 4) is 6.07 Å². The van der Waals surface area contributed by atoms with Gasteiger partial charge in [0.1, 0.15) is 16.3 Å². The predicted molar refractivity (Wildman–Crippen MR) is 102 cm³/mol. The average Bonchev–Trinajstić information content (AvgIpc) is 2.79. The highest BCUT2D eigenvalue weighted by Gasteiger charge is 2.27. The van der Waals surface area contributed by atoms with Crippen LogP contribution in [0.1, 0.15) is 26.3 Å². The van der Waals surface area contributed by atoms with Gasteiger partial charge in [-0.25, -0.2) is 0 Å². The van der Waals surface area contributed by atoms with Gasteiger partial charge < -0.3 is 4.57 Å². The number of ketones is 1. The third-order valence-corrected chi connectivity index (χ3v) is 5.38. The van der Waals surface area contributed by atoms with E-state index >= 15 is 0 Å². The minimum absolute atomic E-state index is 0.0259. The third kappa shape index (κ3) is 3.87. The molecule has 4 nitrogen and oxygen atoms in total. The lowest BCUT2D eigenvalue weighted by Crippen LogP contribution is -2.32. The van der Waals surface area contributed by atoms with Crippen molar-refractivity contribution in [1.82, 2.24) is 4.57 Å². The minimum Gasteiger partial charge on any atom is -0.301 e. The predicted octanol–water partition coefficient (Wildman–Crippen LogP) is 2.87. The Balaban J connectivity index is 2.85. The zero-order chi connectivity index (χ0) is 18.9. The van der Waals surface area contributed by atoms with Crippen LogP contribution in [0.5, 0.6) is 0 Å². The molecular weight excluding hydrogens is 379 g/mol. The normalized spacial score (nSPS) is 13.6. The molecule has 0 amide bonds. The first-order valence-electron chi connectivity index (χ1n) is 7.38. The van der Waals surface area contributed by atoms with Crippen LogP contribution >= 0.6 is 34.5 Å². The standard InChI is InChI=1S/C18H16Cl2N2O2S/c1-18(2,3)15(23)11(9-21)17-22(4)16(24)14(25-17)8-10-12(19)6-5-7-13(10)20/h5-8H,1-4H3/b14-8-,17-11+. The van der Waals surface area contributed by atoms with E-state index in [4.69, 9.17) is 23.2 Å². The number of nitriles is 1. The molecule has 0 saturated heterocycles. The molecule has 0 radical (unpaired) electrons. The molecule has 0 atom stereocenters. The molecule has 2 rings (SSSR count). The number of hydrogen-bond acceptors (Lipinski definition) is 4. The highest BCUT2D eigenvalue weighted by Crippen LogP contribution is 2.24. The van der Waals surface area contributed by atoms with E-state index in [1.165, 1.54) is 11.6 Å². The first kappa shape index (κ1) is 19.5. The van der Waals surface area contributed by atoms with Crippen molar-refractivity contribution in [2.45, 2.75) is 20.8 Å². The molecule has 0 bridgehead atoms. The second kappa shape index (κ2) is 7.17. The number of hydrogen-bond donors (Lipinski definition) is 0. The Kier molecular flexibility index (Phi) is 5.58. The maximum atomic E-state index is 12.5. The van der Waals surface area contributed by atoms with Gasteiger partial charge in [-0.1, -0.05) is 50.0 Å². The van der Waals surface area contributed by atoms with E-state index in [-0.39, 0.29) is 16.9 Å². The molecule has 1 heterocycles. The van der Waals surface area contributed by atoms with Crippen LogP contribution < -0.4 is 14.8 Å². The lowest BCUT2D eigenvalue weighted by atomic mass is 9.87. The number of aromatic nitrogens is 1. The second-order valence-electron chi connectivity index (χ2n) is 6.48. The van der Waals surface area contributed by atoms with Crippen LogP contribution in [0.2, 0.25) is 10.0 Å². The Bertz CT molecular complexity index is 1050. The van der Waals surface area contributed by atoms with Gasteiger partial charge in [0.15, 0.2) is 5.78 Å². The van der Waals surface area contributed by atoms with E-state index in [1.807, 2.05) is 6.07 Å². The van der Waals surface area contributed by atoms with Crippen molar-refractivity contribution < 1.29 is 4.79 Å². The summed E-state index contributed by atoms with van der Waals surface area (Å²) in [5.41, 5.74) is -0.537. The molecule has 25 heavy (non-hydrogen) atoms. The molecule has 0 saturated carbocycles. The number of carbonyl (C=O) groups excluding carboxylic acids is 1. The van der Waals surface area contributed by atoms with E-state index in [9.17, 15) is 14.9 Å². The Morgan fingerprint density at radius 1 is 1.28 bits per heavy atom. The van der Waals surface area contributed by atoms with Crippen LogP contribution in [0.3, 0.4) is 0 Å². The summed E-state index contributed by atoms with van der Waals surface area (Å²) in [4.78, 5) is 25.0. The number of halogens is 2. The molecular formula is C18H16Cl2N2O2S. The molecule has 1 aromatic heterocycles. The molecule has 130 valence electrons. The summed E-state index contributed by atoms with van der Waals surface area (Å²) in [6, 6.07) is 7.01. The van der Waals surface area contributed by atoms with E-state index in [0.717, 1.165) is 11.3 Å². The average molecular weight is 395 g/mol. The monoisotopic (exact) mass is 394 g/mol. The SMILES string of the molecule is Cn1c(=O)/c(=C/c2c(Cl)cccc2Cl)s/c1=C(\C#N)C(=O)C(C)(C)C. The molecule has 0 fully saturated rings. The number of Topliss-reactive ketones (excluding diaryl/α,β-unsaturated/α-hetero) is 1. The summed E-state index contributed by atoms with van der Waals surface area (Å²) in [5, 5.41) is 10.3. The van der Waals surface area contributed by atoms with Crippen LogP contribution in [0.4, 0.5) is 0 Å². The van der Waals surface area contributed by atoms with E-state index in [2.05, 4.69) is 0 Å². The van der Waals surface area contributed by atoms with Crippen LogP contribution in [-0.2, 0) is 11.8 Å². The molecule has 0 spiro atoms. The minimum atomic E-state index is -0.721. The van der Waals surface area contributed by atoms with Gasteiger partial charge in [0.25, 0.3) is 5.56 Å². The zero-order valence-electron chi connectivity index (χ0n) is 14.2. The van der Waals surface area contributed by atoms with Crippen molar-refractivity contribution >= 4 is 52.0 Å². The fourth-order valence-corrected chi connectivity index (χ4v) is 3.71. The van der Waals surface area contributed by atoms with Gasteiger partial charge in [-0.3, -0.25) is 9.59 Å². The smallest absolute Gasteiger partial charge is 0.268 e. The number of benzene rings is 1. The van der Waals surface area contributed by atoms with Gasteiger partial charge in [0, 0.05) is 28.1 Å². The summed E-state index contributed by atoms with van der Waals surface area (Å²) < 4.78 is 1.98. The summed E-state index contributed by atoms with van der Waals surface area (Å²) in [5.74, 6) is -0.311. The third-order valence-electron chi connectivity index (χ3n) is 3.54. The Hall–Kier alpha value is -1.87. The van der Waals surface area contributed by atoms with Crippen molar-refractivity contribution in [2.75, 3.05) is 0 Å². The number of nitrogens with zero attached hydrogens (tertiary/aromatic N) is 2. The fourth-order valence-electron chi connectivity index (χ4n) is 2.13. The quantitative estimate of drug-likeness (QED) is 0.786. The van der Waals surface area contributed by atoms with E-state index in [0.29, 0.717) is 24.8 Å². The van der Waals surface area contributed by atoms with Crippen molar-refractivity contribution in [1.29, 1.82) is 5.26 Å². The van der Waals surface area contributed by atoms with E-state index in [1.54, 1.807) is 45.0 Å². The summed E-state index contributed by atoms with van der Waals surface area (Å²) in [6.45, 7) is 5.19. The van der Waals surface area contributed by atoms with Crippen LogP contribution in [0.15, 0.2) is 23.0 Å². The van der Waals surface area contributed by atoms with Gasteiger partial charge in [-0.15, -0.1) is 11.3 Å². The molecule has 1 aromatic carbocycles. The molecule has 0 aliphatic carbocycles. The number of thiazole rings is 1. The van der Waals surface area contributed by atoms with Crippen LogP contribution in [0, 0.1) is 16.7 Å². The molecule has 0 aliphatic rings. The maximum absolute atomic E-state index is 12.5. The molecule has 0 aliphatic heterocycles. The zero-order valence-corrected chi connectivity index (χ0v) is 16.5. The van der Waals surface area contributed by atoms with Gasteiger partial charge in [0.05, 0.1) is 4.53 Å². The number of carbonyl (C=O) groups is 1. The summed E-state index contributed by atoms with van der Waals surface area (Å²) in [7, 11) is 1.53. The van der Waals surface area contributed by atoms with Gasteiger partial charge in [-0.05, 0) is 18.2 Å². The van der Waals surface area contributed by atoms with E-state index < -0.39 is 5.41 Å². The largest absolute Gasteiger partial charge is 0.301 e. The van der Waals surface area contributed by atoms with Crippen molar-refractivity contribution in [2.24, 2.45) is 12.5 Å². The Morgan fingerprint density at radius 2 is 1.84 bits per heavy atom. The summed E-state index contributed by atoms with van der Waals surface area (Å²) in [6.07, 6.45) is 1.58. The number of rotatable bonds is 2. The van der Waals surface area contributed by atoms with Crippen molar-refractivity contribution in [3.63, 3.8) is 0 Å². The van der Waals surface area contributed by atoms with Gasteiger partial charge >= 0.3 is 0 Å². The molecule has 0 N–H and O–H groups in total. The van der Waals surface area contributed by atoms with Gasteiger partial charge in [-0.2, -0.15) is 5.26 Å². The summed E-state index contributed by atoms with van der Waals surface area (Å²) >= 11 is 13.4. The molecule has 2 aromatic rings.